The summed E-state index contributed by atoms with van der Waals surface area (Å²) in [6, 6.07) is -0.982. The molecule has 0 saturated carbocycles. The lowest BCUT2D eigenvalue weighted by atomic mass is 9.96. The van der Waals surface area contributed by atoms with E-state index in [9.17, 15) is 61.0 Å². The highest BCUT2D eigenvalue weighted by molar-refractivity contribution is 5.76. The van der Waals surface area contributed by atoms with Crippen molar-refractivity contribution in [3.8, 4) is 0 Å². The summed E-state index contributed by atoms with van der Waals surface area (Å²) < 4.78 is 33.9. The fourth-order valence-corrected chi connectivity index (χ4v) is 10.7. The molecule has 0 spiro atoms. The zero-order valence-electron chi connectivity index (χ0n) is 48.4. The molecule has 3 saturated heterocycles. The van der Waals surface area contributed by atoms with Crippen molar-refractivity contribution in [3.63, 3.8) is 0 Å². The molecule has 19 nitrogen and oxygen atoms in total. The Morgan fingerprint density at radius 3 is 1.24 bits per heavy atom. The molecule has 3 rings (SSSR count). The summed E-state index contributed by atoms with van der Waals surface area (Å²) in [5, 5.41) is 119. The van der Waals surface area contributed by atoms with Gasteiger partial charge in [-0.1, -0.05) is 205 Å². The first kappa shape index (κ1) is 71.5. The normalized spacial score (nSPS) is 30.4. The highest BCUT2D eigenvalue weighted by Crippen LogP contribution is 2.33. The smallest absolute Gasteiger partial charge is 0.220 e. The van der Waals surface area contributed by atoms with Gasteiger partial charge in [-0.25, -0.2) is 0 Å². The second-order valence-electron chi connectivity index (χ2n) is 22.5. The summed E-state index contributed by atoms with van der Waals surface area (Å²) in [7, 11) is 0. The number of rotatable bonds is 46. The minimum atomic E-state index is -1.98. The molecule has 464 valence electrons. The van der Waals surface area contributed by atoms with E-state index in [2.05, 4.69) is 24.4 Å². The Hall–Kier alpha value is -1.73. The molecule has 12 N–H and O–H groups in total. The van der Waals surface area contributed by atoms with Crippen molar-refractivity contribution in [1.82, 2.24) is 5.32 Å². The van der Waals surface area contributed by atoms with E-state index in [0.29, 0.717) is 12.8 Å². The fourth-order valence-electron chi connectivity index (χ4n) is 10.7. The van der Waals surface area contributed by atoms with Crippen LogP contribution >= 0.6 is 0 Å². The molecule has 19 heteroatoms. The van der Waals surface area contributed by atoms with E-state index >= 15 is 0 Å². The molecule has 3 aliphatic rings. The molecular weight excluding hydrogens is 1020 g/mol. The molecule has 0 bridgehead atoms. The molecule has 0 aromatic heterocycles. The van der Waals surface area contributed by atoms with Gasteiger partial charge in [-0.2, -0.15) is 0 Å². The van der Waals surface area contributed by atoms with Gasteiger partial charge in [-0.3, -0.25) is 4.79 Å². The van der Waals surface area contributed by atoms with Crippen molar-refractivity contribution in [2.45, 2.75) is 324 Å². The molecule has 0 aliphatic carbocycles. The second kappa shape index (κ2) is 43.8. The number of carbonyl (C=O) groups is 1. The van der Waals surface area contributed by atoms with Crippen LogP contribution in [-0.2, 0) is 33.2 Å². The average Bonchev–Trinajstić information content (AvgIpc) is 3.49. The Bertz CT molecular complexity index is 1540. The summed E-state index contributed by atoms with van der Waals surface area (Å²) in [6.07, 6.45) is 21.4. The second-order valence-corrected chi connectivity index (χ2v) is 22.5. The molecule has 0 aromatic rings. The van der Waals surface area contributed by atoms with Crippen LogP contribution in [0.3, 0.4) is 0 Å². The molecule has 79 heavy (non-hydrogen) atoms. The number of hydrogen-bond donors (Lipinski definition) is 12. The van der Waals surface area contributed by atoms with E-state index in [1.54, 1.807) is 6.08 Å². The third-order valence-corrected chi connectivity index (χ3v) is 15.7. The van der Waals surface area contributed by atoms with E-state index < -0.39 is 124 Å². The van der Waals surface area contributed by atoms with Crippen LogP contribution in [0.25, 0.3) is 0 Å². The first-order valence-corrected chi connectivity index (χ1v) is 31.1. The summed E-state index contributed by atoms with van der Waals surface area (Å²) in [5.74, 6) is -0.338. The molecule has 3 aliphatic heterocycles. The van der Waals surface area contributed by atoms with E-state index in [1.807, 2.05) is 13.0 Å². The van der Waals surface area contributed by atoms with Gasteiger partial charge in [0.25, 0.3) is 0 Å². The maximum atomic E-state index is 12.7. The van der Waals surface area contributed by atoms with Gasteiger partial charge >= 0.3 is 0 Å². The number of aliphatic hydroxyl groups excluding tert-OH is 11. The third kappa shape index (κ3) is 27.7. The number of hydrogen-bond acceptors (Lipinski definition) is 18. The lowest BCUT2D eigenvalue weighted by Crippen LogP contribution is -2.66. The Labute approximate surface area is 473 Å². The van der Waals surface area contributed by atoms with Gasteiger partial charge in [0.1, 0.15) is 73.2 Å². The van der Waals surface area contributed by atoms with Crippen molar-refractivity contribution in [3.05, 3.63) is 24.3 Å². The average molecular weight is 1130 g/mol. The van der Waals surface area contributed by atoms with Crippen LogP contribution in [0.4, 0.5) is 0 Å². The Balaban J connectivity index is 1.26. The van der Waals surface area contributed by atoms with Gasteiger partial charge in [0.15, 0.2) is 18.9 Å². The summed E-state index contributed by atoms with van der Waals surface area (Å²) >= 11 is 0. The molecule has 1 amide bonds. The summed E-state index contributed by atoms with van der Waals surface area (Å²) in [4.78, 5) is 12.7. The van der Waals surface area contributed by atoms with Crippen molar-refractivity contribution < 1.29 is 89.4 Å². The third-order valence-electron chi connectivity index (χ3n) is 15.7. The van der Waals surface area contributed by atoms with Gasteiger partial charge in [-0.05, 0) is 32.1 Å². The van der Waals surface area contributed by atoms with Gasteiger partial charge in [-0.15, -0.1) is 0 Å². The zero-order valence-corrected chi connectivity index (χ0v) is 48.4. The van der Waals surface area contributed by atoms with E-state index in [0.717, 1.165) is 19.3 Å². The van der Waals surface area contributed by atoms with Crippen molar-refractivity contribution in [2.75, 3.05) is 26.4 Å². The molecular formula is C60H111NO18. The number of unbranched alkanes of at least 4 members (excludes halogenated alkanes) is 28. The lowest BCUT2D eigenvalue weighted by Gasteiger charge is -2.48. The van der Waals surface area contributed by atoms with Crippen LogP contribution in [0, 0.1) is 0 Å². The Morgan fingerprint density at radius 2 is 0.810 bits per heavy atom. The minimum Gasteiger partial charge on any atom is -0.394 e. The number of ether oxygens (including phenoxy) is 6. The molecule has 17 atom stereocenters. The topological polar surface area (TPSA) is 307 Å². The van der Waals surface area contributed by atoms with Crippen molar-refractivity contribution in [1.29, 1.82) is 0 Å². The molecule has 3 heterocycles. The molecule has 17 unspecified atom stereocenters. The number of allylic oxidation sites excluding steroid dienone is 3. The van der Waals surface area contributed by atoms with Crippen LogP contribution in [0.15, 0.2) is 24.3 Å². The number of carbonyl (C=O) groups excluding carboxylic acids is 1. The summed E-state index contributed by atoms with van der Waals surface area (Å²) in [5.41, 5.74) is 0. The van der Waals surface area contributed by atoms with Crippen LogP contribution < -0.4 is 5.32 Å². The standard InChI is InChI=1S/C60H111NO18/c1-3-5-6-7-8-9-10-11-12-13-14-15-16-17-18-19-20-21-22-23-24-25-26-27-28-29-30-31-32-33-34-35-36-38-44(65)43(61-48(66)37-4-2)42-74-58-54(72)51(69)56(46(40-63)76-58)79-60-55(73)52(70)57(47(41-64)77-60)78-59-53(71)50(68)49(67)45(39-62)75-59/h32-33,36,38,43-47,49-60,62-65,67-73H,3-31,34-35,37,39-42H2,1-2H3,(H,61,66)/b33-32+,38-36+. The van der Waals surface area contributed by atoms with Gasteiger partial charge < -0.3 is 89.9 Å². The Morgan fingerprint density at radius 1 is 0.443 bits per heavy atom. The molecule has 3 fully saturated rings. The van der Waals surface area contributed by atoms with Gasteiger partial charge in [0.2, 0.25) is 5.91 Å². The maximum Gasteiger partial charge on any atom is 0.220 e. The van der Waals surface area contributed by atoms with Crippen molar-refractivity contribution in [2.24, 2.45) is 0 Å². The maximum absolute atomic E-state index is 12.7. The van der Waals surface area contributed by atoms with Crippen LogP contribution in [0.1, 0.15) is 219 Å². The highest BCUT2D eigenvalue weighted by atomic mass is 16.8. The minimum absolute atomic E-state index is 0.186. The van der Waals surface area contributed by atoms with E-state index in [-0.39, 0.29) is 18.9 Å². The Kier molecular flexibility index (Phi) is 39.7. The predicted octanol–water partition coefficient (Wildman–Crippen LogP) is 5.93. The van der Waals surface area contributed by atoms with E-state index in [1.165, 1.54) is 167 Å². The predicted molar refractivity (Wildman–Crippen MR) is 300 cm³/mol. The van der Waals surface area contributed by atoms with Gasteiger partial charge in [0.05, 0.1) is 38.6 Å². The van der Waals surface area contributed by atoms with Crippen LogP contribution in [-0.4, -0.2) is 193 Å². The first-order valence-electron chi connectivity index (χ1n) is 31.1. The SMILES string of the molecule is CCCCCCCCCCCCCCCCCCCCCCCCCCCCC/C=C/CC/C=C/C(O)C(COC1OC(CO)C(OC2OC(CO)C(OC3OC(CO)C(O)C(O)C3O)C(O)C2O)C(O)C1O)NC(=O)CCC. The highest BCUT2D eigenvalue weighted by Gasteiger charge is 2.53. The molecule has 0 aromatic carbocycles. The van der Waals surface area contributed by atoms with Gasteiger partial charge in [0, 0.05) is 6.42 Å². The number of nitrogens with one attached hydrogen (secondary N) is 1. The van der Waals surface area contributed by atoms with Crippen LogP contribution in [0.5, 0.6) is 0 Å². The van der Waals surface area contributed by atoms with Crippen LogP contribution in [0.2, 0.25) is 0 Å². The zero-order chi connectivity index (χ0) is 57.6. The number of amides is 1. The van der Waals surface area contributed by atoms with E-state index in [4.69, 9.17) is 28.4 Å². The summed E-state index contributed by atoms with van der Waals surface area (Å²) in [6.45, 7) is 1.32. The van der Waals surface area contributed by atoms with Crippen molar-refractivity contribution >= 4 is 5.91 Å². The lowest BCUT2D eigenvalue weighted by molar-refractivity contribution is -0.379. The fraction of sp³-hybridized carbons (Fsp3) is 0.917. The molecule has 0 radical (unpaired) electrons. The monoisotopic (exact) mass is 1130 g/mol. The number of aliphatic hydroxyl groups is 11. The quantitative estimate of drug-likeness (QED) is 0.0248. The first-order chi connectivity index (χ1) is 38.3. The largest absolute Gasteiger partial charge is 0.394 e.